The van der Waals surface area contributed by atoms with Gasteiger partial charge in [0.1, 0.15) is 6.61 Å². The van der Waals surface area contributed by atoms with Crippen molar-refractivity contribution in [3.05, 3.63) is 79.7 Å². The predicted molar refractivity (Wildman–Crippen MR) is 148 cm³/mol. The van der Waals surface area contributed by atoms with E-state index in [0.717, 1.165) is 40.1 Å². The maximum Gasteiger partial charge on any atom is 0.175 e. The summed E-state index contributed by atoms with van der Waals surface area (Å²) < 4.78 is 23.4. The quantitative estimate of drug-likeness (QED) is 0.217. The minimum absolute atomic E-state index is 0. The minimum atomic E-state index is 0. The molecule has 9 heteroatoms. The van der Waals surface area contributed by atoms with Crippen LogP contribution in [0.5, 0.6) is 23.0 Å². The number of nitrogens with one attached hydrogen (secondary N) is 1. The Labute approximate surface area is 231 Å². The van der Waals surface area contributed by atoms with E-state index >= 15 is 0 Å². The summed E-state index contributed by atoms with van der Waals surface area (Å²) in [5.74, 6) is 2.79. The first-order valence-electron chi connectivity index (χ1n) is 10.9. The van der Waals surface area contributed by atoms with Crippen molar-refractivity contribution in [3.63, 3.8) is 0 Å². The highest BCUT2D eigenvalue weighted by molar-refractivity contribution is 9.10. The number of hydrogen-bond donors (Lipinski definition) is 1. The molecule has 0 fully saturated rings. The van der Waals surface area contributed by atoms with Crippen LogP contribution in [0.2, 0.25) is 10.0 Å². The first-order valence-corrected chi connectivity index (χ1v) is 12.4. The molecule has 5 nitrogen and oxygen atoms in total. The minimum Gasteiger partial charge on any atom is -0.493 e. The molecule has 0 heterocycles. The Morgan fingerprint density at radius 1 is 0.857 bits per heavy atom. The summed E-state index contributed by atoms with van der Waals surface area (Å²) >= 11 is 15.9. The van der Waals surface area contributed by atoms with E-state index in [0.29, 0.717) is 41.3 Å². The number of hydrogen-bond acceptors (Lipinski definition) is 5. The molecule has 0 aliphatic rings. The van der Waals surface area contributed by atoms with Crippen molar-refractivity contribution in [2.75, 3.05) is 27.4 Å². The van der Waals surface area contributed by atoms with E-state index in [1.54, 1.807) is 26.4 Å². The van der Waals surface area contributed by atoms with Gasteiger partial charge in [0.15, 0.2) is 23.0 Å². The van der Waals surface area contributed by atoms with E-state index in [2.05, 4.69) is 21.2 Å². The van der Waals surface area contributed by atoms with Crippen LogP contribution < -0.4 is 24.3 Å². The van der Waals surface area contributed by atoms with Crippen LogP contribution in [0.1, 0.15) is 23.6 Å². The predicted octanol–water partition coefficient (Wildman–Crippen LogP) is 7.50. The van der Waals surface area contributed by atoms with Gasteiger partial charge in [-0.15, -0.1) is 12.4 Å². The van der Waals surface area contributed by atoms with Crippen molar-refractivity contribution >= 4 is 51.5 Å². The largest absolute Gasteiger partial charge is 0.493 e. The summed E-state index contributed by atoms with van der Waals surface area (Å²) in [4.78, 5) is 0. The number of rotatable bonds is 12. The fourth-order valence-electron chi connectivity index (χ4n) is 3.42. The average Bonchev–Trinajstić information content (AvgIpc) is 2.82. The summed E-state index contributed by atoms with van der Waals surface area (Å²) in [5, 5.41) is 4.64. The van der Waals surface area contributed by atoms with Crippen LogP contribution in [0, 0.1) is 0 Å². The molecule has 0 atom stereocenters. The Morgan fingerprint density at radius 3 is 2.29 bits per heavy atom. The van der Waals surface area contributed by atoms with Crippen LogP contribution in [-0.4, -0.2) is 27.4 Å². The second-order valence-electron chi connectivity index (χ2n) is 7.48. The van der Waals surface area contributed by atoms with Gasteiger partial charge < -0.3 is 24.3 Å². The molecule has 0 saturated carbocycles. The molecule has 3 aromatic rings. The second-order valence-corrected chi connectivity index (χ2v) is 9.18. The zero-order chi connectivity index (χ0) is 24.5. The third-order valence-electron chi connectivity index (χ3n) is 5.12. The monoisotopic (exact) mass is 603 g/mol. The van der Waals surface area contributed by atoms with Crippen molar-refractivity contribution in [2.24, 2.45) is 0 Å². The number of benzene rings is 3. The Bertz CT molecular complexity index is 1110. The van der Waals surface area contributed by atoms with E-state index in [1.807, 2.05) is 43.3 Å². The van der Waals surface area contributed by atoms with Crippen LogP contribution in [0.15, 0.2) is 53.0 Å². The van der Waals surface area contributed by atoms with Crippen LogP contribution in [0.25, 0.3) is 0 Å². The Hall–Kier alpha value is -1.83. The first-order chi connectivity index (χ1) is 16.4. The Balaban J connectivity index is 0.00000432. The molecule has 0 bridgehead atoms. The lowest BCUT2D eigenvalue weighted by atomic mass is 10.1. The summed E-state index contributed by atoms with van der Waals surface area (Å²) in [6, 6.07) is 15.4. The van der Waals surface area contributed by atoms with Gasteiger partial charge in [0.05, 0.1) is 25.3 Å². The molecule has 0 aliphatic heterocycles. The van der Waals surface area contributed by atoms with Gasteiger partial charge in [0.25, 0.3) is 0 Å². The fourth-order valence-corrected chi connectivity index (χ4v) is 4.48. The normalized spacial score (nSPS) is 10.5. The summed E-state index contributed by atoms with van der Waals surface area (Å²) in [7, 11) is 3.28. The van der Waals surface area contributed by atoms with E-state index in [4.69, 9.17) is 42.1 Å². The zero-order valence-electron chi connectivity index (χ0n) is 19.8. The lowest BCUT2D eigenvalue weighted by Crippen LogP contribution is -2.17. The first kappa shape index (κ1) is 29.4. The summed E-state index contributed by atoms with van der Waals surface area (Å²) in [6.45, 7) is 4.28. The van der Waals surface area contributed by atoms with Crippen LogP contribution in [0.4, 0.5) is 0 Å². The summed E-state index contributed by atoms with van der Waals surface area (Å²) in [5.41, 5.74) is 3.10. The highest BCUT2D eigenvalue weighted by Crippen LogP contribution is 2.38. The molecule has 0 saturated heterocycles. The maximum atomic E-state index is 6.28. The Morgan fingerprint density at radius 2 is 1.60 bits per heavy atom. The van der Waals surface area contributed by atoms with Crippen LogP contribution in [-0.2, 0) is 19.6 Å². The van der Waals surface area contributed by atoms with Gasteiger partial charge in [-0.25, -0.2) is 0 Å². The number of ether oxygens (including phenoxy) is 4. The second kappa shape index (κ2) is 14.7. The van der Waals surface area contributed by atoms with Gasteiger partial charge in [0, 0.05) is 22.2 Å². The van der Waals surface area contributed by atoms with Gasteiger partial charge in [-0.3, -0.25) is 0 Å². The molecule has 1 N–H and O–H groups in total. The van der Waals surface area contributed by atoms with E-state index in [9.17, 15) is 0 Å². The van der Waals surface area contributed by atoms with Gasteiger partial charge in [-0.2, -0.15) is 0 Å². The van der Waals surface area contributed by atoms with Gasteiger partial charge in [-0.05, 0) is 83.3 Å². The molecule has 0 unspecified atom stereocenters. The number of halogens is 4. The third-order valence-corrected chi connectivity index (χ3v) is 6.30. The Kier molecular flexibility index (Phi) is 12.3. The van der Waals surface area contributed by atoms with E-state index in [-0.39, 0.29) is 12.4 Å². The summed E-state index contributed by atoms with van der Waals surface area (Å²) in [6.07, 6.45) is 0.864. The average molecular weight is 606 g/mol. The standard InChI is InChI=1S/C26H28BrCl2NO4.ClH/c1-4-33-25-13-18(15-30-10-9-17-5-8-23(31-2)24(12-17)32-3)11-21(27)26(25)34-16-19-6-7-20(28)14-22(19)29;/h5-8,11-14,30H,4,9-10,15-16H2,1-3H3;1H. The smallest absolute Gasteiger partial charge is 0.175 e. The van der Waals surface area contributed by atoms with E-state index in [1.165, 1.54) is 5.56 Å². The molecule has 0 aromatic heterocycles. The highest BCUT2D eigenvalue weighted by Gasteiger charge is 2.14. The fraction of sp³-hybridized carbons (Fsp3) is 0.308. The molecule has 35 heavy (non-hydrogen) atoms. The lowest BCUT2D eigenvalue weighted by Gasteiger charge is -2.16. The lowest BCUT2D eigenvalue weighted by molar-refractivity contribution is 0.267. The van der Waals surface area contributed by atoms with Crippen molar-refractivity contribution in [1.82, 2.24) is 5.32 Å². The molecular formula is C26H29BrCl3NO4. The zero-order valence-corrected chi connectivity index (χ0v) is 23.7. The highest BCUT2D eigenvalue weighted by atomic mass is 79.9. The van der Waals surface area contributed by atoms with Crippen LogP contribution >= 0.6 is 51.5 Å². The van der Waals surface area contributed by atoms with Crippen molar-refractivity contribution in [2.45, 2.75) is 26.5 Å². The van der Waals surface area contributed by atoms with Crippen LogP contribution in [0.3, 0.4) is 0 Å². The van der Waals surface area contributed by atoms with Gasteiger partial charge in [0.2, 0.25) is 0 Å². The van der Waals surface area contributed by atoms with E-state index < -0.39 is 0 Å². The molecule has 3 rings (SSSR count). The maximum absolute atomic E-state index is 6.28. The van der Waals surface area contributed by atoms with Gasteiger partial charge in [-0.1, -0.05) is 35.3 Å². The molecule has 190 valence electrons. The molecule has 0 amide bonds. The molecule has 3 aromatic carbocycles. The van der Waals surface area contributed by atoms with Crippen molar-refractivity contribution in [1.29, 1.82) is 0 Å². The SMILES string of the molecule is CCOc1cc(CNCCc2ccc(OC)c(OC)c2)cc(Br)c1OCc1ccc(Cl)cc1Cl.Cl. The van der Waals surface area contributed by atoms with Crippen molar-refractivity contribution < 1.29 is 18.9 Å². The third kappa shape index (κ3) is 8.36. The topological polar surface area (TPSA) is 49.0 Å². The molecule has 0 spiro atoms. The molecular weight excluding hydrogens is 577 g/mol. The van der Waals surface area contributed by atoms with Gasteiger partial charge >= 0.3 is 0 Å². The number of methoxy groups -OCH3 is 2. The molecule has 0 aliphatic carbocycles. The molecule has 0 radical (unpaired) electrons. The van der Waals surface area contributed by atoms with Crippen molar-refractivity contribution in [3.8, 4) is 23.0 Å².